The van der Waals surface area contributed by atoms with Gasteiger partial charge in [-0.1, -0.05) is 45.9 Å². The van der Waals surface area contributed by atoms with Crippen molar-refractivity contribution < 1.29 is 9.59 Å². The molecule has 0 aromatic heterocycles. The molecule has 1 aliphatic heterocycles. The van der Waals surface area contributed by atoms with Crippen LogP contribution in [-0.4, -0.2) is 35.8 Å². The topological polar surface area (TPSA) is 40.6 Å². The summed E-state index contributed by atoms with van der Waals surface area (Å²) in [5, 5.41) is 0. The number of anilines is 1. The van der Waals surface area contributed by atoms with Gasteiger partial charge < -0.3 is 9.80 Å². The number of likely N-dealkylation sites (tertiary alicyclic amines) is 1. The van der Waals surface area contributed by atoms with Gasteiger partial charge in [0.1, 0.15) is 0 Å². The molecule has 0 unspecified atom stereocenters. The lowest BCUT2D eigenvalue weighted by atomic mass is 9.47. The van der Waals surface area contributed by atoms with E-state index >= 15 is 0 Å². The summed E-state index contributed by atoms with van der Waals surface area (Å²) in [5.41, 5.74) is 1.48. The van der Waals surface area contributed by atoms with E-state index in [1.165, 1.54) is 25.7 Å². The van der Waals surface area contributed by atoms with E-state index in [2.05, 4.69) is 47.9 Å². The highest BCUT2D eigenvalue weighted by Crippen LogP contribution is 2.65. The molecule has 0 N–H and O–H groups in total. The molecule has 1 saturated heterocycles. The number of piperidine rings is 1. The van der Waals surface area contributed by atoms with Crippen LogP contribution in [-0.2, 0) is 9.59 Å². The first-order chi connectivity index (χ1) is 15.7. The number of rotatable bonds is 3. The number of carbonyl (C=O) groups excluding carboxylic acids is 2. The van der Waals surface area contributed by atoms with Crippen LogP contribution in [0.3, 0.4) is 0 Å². The Morgan fingerprint density at radius 3 is 2.36 bits per heavy atom. The lowest BCUT2D eigenvalue weighted by Gasteiger charge is -2.62. The Balaban J connectivity index is 1.46. The van der Waals surface area contributed by atoms with Crippen molar-refractivity contribution in [2.45, 2.75) is 91.1 Å². The van der Waals surface area contributed by atoms with Crippen LogP contribution in [0.1, 0.15) is 79.1 Å². The zero-order valence-electron chi connectivity index (χ0n) is 21.2. The average molecular weight is 451 g/mol. The number of hydrogen-bond donors (Lipinski definition) is 0. The van der Waals surface area contributed by atoms with Gasteiger partial charge in [0.2, 0.25) is 11.8 Å². The second-order valence-electron chi connectivity index (χ2n) is 12.3. The SMILES string of the molecule is CC(C)C(=O)N(c1ccccc1)[C@H]1CC[C@H]2[C@@H]3CC[C@H]4N(C)C(=O)CC[C@]4(C)[C@H]3CC[C@]12C. The van der Waals surface area contributed by atoms with Crippen LogP contribution in [0.25, 0.3) is 0 Å². The third-order valence-electron chi connectivity index (χ3n) is 10.6. The highest BCUT2D eigenvalue weighted by Gasteiger charge is 2.62. The fraction of sp³-hybridized carbons (Fsp3) is 0.724. The molecule has 5 rings (SSSR count). The van der Waals surface area contributed by atoms with Gasteiger partial charge in [-0.05, 0) is 85.7 Å². The van der Waals surface area contributed by atoms with Crippen molar-refractivity contribution in [1.82, 2.24) is 4.90 Å². The fourth-order valence-electron chi connectivity index (χ4n) is 8.87. The van der Waals surface area contributed by atoms with Gasteiger partial charge in [-0.3, -0.25) is 9.59 Å². The van der Waals surface area contributed by atoms with E-state index in [4.69, 9.17) is 0 Å². The van der Waals surface area contributed by atoms with Crippen LogP contribution < -0.4 is 4.90 Å². The zero-order valence-corrected chi connectivity index (χ0v) is 21.2. The monoisotopic (exact) mass is 450 g/mol. The first kappa shape index (κ1) is 22.9. The molecule has 2 amide bonds. The Hall–Kier alpha value is -1.84. The molecule has 7 atom stereocenters. The summed E-state index contributed by atoms with van der Waals surface area (Å²) in [7, 11) is 2.04. The van der Waals surface area contributed by atoms with E-state index < -0.39 is 0 Å². The summed E-state index contributed by atoms with van der Waals surface area (Å²) in [5.74, 6) is 2.70. The second kappa shape index (κ2) is 8.13. The fourth-order valence-corrected chi connectivity index (χ4v) is 8.87. The van der Waals surface area contributed by atoms with Crippen molar-refractivity contribution in [2.75, 3.05) is 11.9 Å². The standard InChI is InChI=1S/C29H42N2O2/c1-19(2)27(33)31(20-9-7-6-8-10-20)25-14-12-22-21-11-13-24-28(3,18-16-26(32)30(24)5)23(21)15-17-29(22,25)4/h6-10,19,21-25H,11-18H2,1-5H3/t21-,22-,23-,24+,25-,28+,29-/m0/s1. The maximum Gasteiger partial charge on any atom is 0.229 e. The second-order valence-corrected chi connectivity index (χ2v) is 12.3. The highest BCUT2D eigenvalue weighted by atomic mass is 16.2. The molecule has 1 heterocycles. The molecule has 180 valence electrons. The molecule has 0 spiro atoms. The van der Waals surface area contributed by atoms with Crippen molar-refractivity contribution in [3.8, 4) is 0 Å². The number of fused-ring (bicyclic) bond motifs is 5. The van der Waals surface area contributed by atoms with E-state index in [1.807, 2.05) is 27.0 Å². The third-order valence-corrected chi connectivity index (χ3v) is 10.6. The maximum absolute atomic E-state index is 13.5. The molecule has 0 bridgehead atoms. The maximum atomic E-state index is 13.5. The van der Waals surface area contributed by atoms with Crippen molar-refractivity contribution in [3.05, 3.63) is 30.3 Å². The van der Waals surface area contributed by atoms with Crippen molar-refractivity contribution in [3.63, 3.8) is 0 Å². The Bertz CT molecular complexity index is 913. The summed E-state index contributed by atoms with van der Waals surface area (Å²) in [6.45, 7) is 9.06. The van der Waals surface area contributed by atoms with Gasteiger partial charge >= 0.3 is 0 Å². The first-order valence-corrected chi connectivity index (χ1v) is 13.3. The van der Waals surface area contributed by atoms with Gasteiger partial charge in [0.15, 0.2) is 0 Å². The van der Waals surface area contributed by atoms with Gasteiger partial charge in [0, 0.05) is 37.2 Å². The quantitative estimate of drug-likeness (QED) is 0.574. The summed E-state index contributed by atoms with van der Waals surface area (Å²) in [4.78, 5) is 30.2. The smallest absolute Gasteiger partial charge is 0.229 e. The molecule has 4 heteroatoms. The van der Waals surface area contributed by atoms with Gasteiger partial charge in [0.05, 0.1) is 0 Å². The lowest BCUT2D eigenvalue weighted by molar-refractivity contribution is -0.157. The number of para-hydroxylation sites is 1. The normalized spacial score (nSPS) is 40.2. The van der Waals surface area contributed by atoms with Crippen LogP contribution in [0.2, 0.25) is 0 Å². The molecule has 0 radical (unpaired) electrons. The van der Waals surface area contributed by atoms with E-state index in [-0.39, 0.29) is 28.7 Å². The summed E-state index contributed by atoms with van der Waals surface area (Å²) in [6.07, 6.45) is 8.91. The van der Waals surface area contributed by atoms with Gasteiger partial charge in [0.25, 0.3) is 0 Å². The molecule has 4 aliphatic rings. The van der Waals surface area contributed by atoms with E-state index in [1.54, 1.807) is 0 Å². The Labute approximate surface area is 200 Å². The van der Waals surface area contributed by atoms with Crippen LogP contribution in [0.5, 0.6) is 0 Å². The van der Waals surface area contributed by atoms with Crippen LogP contribution in [0.15, 0.2) is 30.3 Å². The lowest BCUT2D eigenvalue weighted by Crippen LogP contribution is -2.62. The number of hydrogen-bond acceptors (Lipinski definition) is 2. The zero-order chi connectivity index (χ0) is 23.5. The van der Waals surface area contributed by atoms with Gasteiger partial charge in [-0.15, -0.1) is 0 Å². The van der Waals surface area contributed by atoms with Gasteiger partial charge in [-0.25, -0.2) is 0 Å². The Kier molecular flexibility index (Phi) is 5.65. The number of amides is 2. The molecular formula is C29H42N2O2. The van der Waals surface area contributed by atoms with Crippen LogP contribution in [0.4, 0.5) is 5.69 Å². The molecule has 1 aromatic rings. The molecule has 4 fully saturated rings. The first-order valence-electron chi connectivity index (χ1n) is 13.3. The van der Waals surface area contributed by atoms with E-state index in [0.717, 1.165) is 30.9 Å². The summed E-state index contributed by atoms with van der Waals surface area (Å²) >= 11 is 0. The third kappa shape index (κ3) is 3.38. The number of carbonyl (C=O) groups is 2. The molecule has 1 aromatic carbocycles. The number of benzene rings is 1. The molecule has 3 saturated carbocycles. The van der Waals surface area contributed by atoms with Crippen molar-refractivity contribution >= 4 is 17.5 Å². The summed E-state index contributed by atoms with van der Waals surface area (Å²) in [6, 6.07) is 11.1. The molecule has 4 nitrogen and oxygen atoms in total. The Morgan fingerprint density at radius 1 is 0.970 bits per heavy atom. The van der Waals surface area contributed by atoms with Crippen molar-refractivity contribution in [1.29, 1.82) is 0 Å². The minimum atomic E-state index is -0.00569. The number of nitrogens with zero attached hydrogens (tertiary/aromatic N) is 2. The van der Waals surface area contributed by atoms with Crippen LogP contribution >= 0.6 is 0 Å². The summed E-state index contributed by atoms with van der Waals surface area (Å²) < 4.78 is 0. The molecular weight excluding hydrogens is 408 g/mol. The largest absolute Gasteiger partial charge is 0.342 e. The van der Waals surface area contributed by atoms with Gasteiger partial charge in [-0.2, -0.15) is 0 Å². The van der Waals surface area contributed by atoms with E-state index in [9.17, 15) is 9.59 Å². The predicted octanol–water partition coefficient (Wildman–Crippen LogP) is 5.91. The molecule has 3 aliphatic carbocycles. The average Bonchev–Trinajstić information content (AvgIpc) is 3.14. The predicted molar refractivity (Wildman–Crippen MR) is 133 cm³/mol. The van der Waals surface area contributed by atoms with E-state index in [0.29, 0.717) is 30.2 Å². The Morgan fingerprint density at radius 2 is 1.67 bits per heavy atom. The molecule has 33 heavy (non-hydrogen) atoms. The minimum absolute atomic E-state index is 0.00569. The highest BCUT2D eigenvalue weighted by molar-refractivity contribution is 5.95. The van der Waals surface area contributed by atoms with Crippen LogP contribution in [0, 0.1) is 34.5 Å². The minimum Gasteiger partial charge on any atom is -0.342 e. The van der Waals surface area contributed by atoms with Crippen molar-refractivity contribution in [2.24, 2.45) is 34.5 Å².